The van der Waals surface area contributed by atoms with Crippen molar-refractivity contribution in [3.05, 3.63) is 34.4 Å². The highest BCUT2D eigenvalue weighted by Crippen LogP contribution is 2.69. The summed E-state index contributed by atoms with van der Waals surface area (Å²) in [4.78, 5) is 2.67. The summed E-state index contributed by atoms with van der Waals surface area (Å²) in [5.74, 6) is 0. The molecule has 0 radical (unpaired) electrons. The van der Waals surface area contributed by atoms with Gasteiger partial charge in [0.2, 0.25) is 0 Å². The molecule has 1 saturated heterocycles. The van der Waals surface area contributed by atoms with Crippen LogP contribution in [0.3, 0.4) is 0 Å². The third kappa shape index (κ3) is 1.88. The molecule has 4 rings (SSSR count). The van der Waals surface area contributed by atoms with E-state index in [0.29, 0.717) is 17.5 Å². The maximum Gasteiger partial charge on any atom is 0.0195 e. The van der Waals surface area contributed by atoms with Gasteiger partial charge in [0.15, 0.2) is 0 Å². The largest absolute Gasteiger partial charge is 0.316 e. The van der Waals surface area contributed by atoms with E-state index in [9.17, 15) is 0 Å². The van der Waals surface area contributed by atoms with Gasteiger partial charge in [-0.05, 0) is 93.3 Å². The Bertz CT molecular complexity index is 706. The number of fused-ring (bicyclic) bond motifs is 1. The molecule has 1 aromatic rings. The van der Waals surface area contributed by atoms with Crippen LogP contribution >= 0.6 is 0 Å². The molecule has 1 N–H and O–H groups in total. The molecular weight excluding hydrogens is 304 g/mol. The third-order valence-electron chi connectivity index (χ3n) is 9.02. The van der Waals surface area contributed by atoms with Gasteiger partial charge >= 0.3 is 0 Å². The van der Waals surface area contributed by atoms with Crippen molar-refractivity contribution in [3.63, 3.8) is 0 Å². The van der Waals surface area contributed by atoms with Crippen LogP contribution in [0.25, 0.3) is 0 Å². The van der Waals surface area contributed by atoms with E-state index in [1.807, 2.05) is 0 Å². The van der Waals surface area contributed by atoms with Crippen molar-refractivity contribution in [1.29, 1.82) is 0 Å². The average Bonchev–Trinajstić information content (AvgIpc) is 2.54. The first-order valence-corrected chi connectivity index (χ1v) is 10.2. The Labute approximate surface area is 154 Å². The van der Waals surface area contributed by atoms with Crippen LogP contribution in [-0.2, 0) is 11.8 Å². The predicted octanol–water partition coefficient (Wildman–Crippen LogP) is 4.22. The zero-order chi connectivity index (χ0) is 18.2. The Balaban J connectivity index is 2.07. The van der Waals surface area contributed by atoms with Gasteiger partial charge in [-0.1, -0.05) is 32.9 Å². The van der Waals surface area contributed by atoms with E-state index >= 15 is 0 Å². The fourth-order valence-electron chi connectivity index (χ4n) is 7.56. The topological polar surface area (TPSA) is 15.3 Å². The Hall–Kier alpha value is -0.860. The molecule has 1 heterocycles. The van der Waals surface area contributed by atoms with E-state index < -0.39 is 0 Å². The van der Waals surface area contributed by atoms with Crippen molar-refractivity contribution in [3.8, 4) is 0 Å². The molecule has 2 fully saturated rings. The number of hydrogen-bond acceptors (Lipinski definition) is 2. The van der Waals surface area contributed by atoms with E-state index in [1.165, 1.54) is 37.8 Å². The molecular formula is C23H36N2. The molecule has 25 heavy (non-hydrogen) atoms. The second kappa shape index (κ2) is 5.33. The number of likely N-dealkylation sites (N-methyl/N-ethyl adjacent to an activating group) is 1. The molecule has 4 atom stereocenters. The van der Waals surface area contributed by atoms with Crippen LogP contribution < -0.4 is 5.32 Å². The highest BCUT2D eigenvalue weighted by molar-refractivity contribution is 5.52. The maximum atomic E-state index is 3.70. The first-order chi connectivity index (χ1) is 11.7. The molecule has 2 bridgehead atoms. The third-order valence-corrected chi connectivity index (χ3v) is 9.02. The summed E-state index contributed by atoms with van der Waals surface area (Å²) >= 11 is 0. The second-order valence-corrected chi connectivity index (χ2v) is 9.92. The van der Waals surface area contributed by atoms with Crippen LogP contribution in [0.5, 0.6) is 0 Å². The second-order valence-electron chi connectivity index (χ2n) is 9.92. The molecule has 1 aromatic carbocycles. The molecule has 2 heteroatoms. The molecule has 3 aliphatic rings. The van der Waals surface area contributed by atoms with Crippen molar-refractivity contribution in [2.45, 2.75) is 77.8 Å². The number of likely N-dealkylation sites (tertiary alicyclic amines) is 1. The van der Waals surface area contributed by atoms with Gasteiger partial charge in [0.1, 0.15) is 0 Å². The van der Waals surface area contributed by atoms with E-state index in [4.69, 9.17) is 0 Å². The van der Waals surface area contributed by atoms with Gasteiger partial charge in [0.25, 0.3) is 0 Å². The van der Waals surface area contributed by atoms with Gasteiger partial charge in [0, 0.05) is 17.5 Å². The quantitative estimate of drug-likeness (QED) is 0.823. The lowest BCUT2D eigenvalue weighted by Gasteiger charge is -2.72. The van der Waals surface area contributed by atoms with Crippen LogP contribution in [0.4, 0.5) is 0 Å². The summed E-state index contributed by atoms with van der Waals surface area (Å²) in [5, 5.41) is 3.70. The Morgan fingerprint density at radius 1 is 1.12 bits per heavy atom. The molecule has 1 aliphatic heterocycles. The fourth-order valence-corrected chi connectivity index (χ4v) is 7.56. The number of rotatable bonds is 1. The zero-order valence-corrected chi connectivity index (χ0v) is 17.3. The lowest BCUT2D eigenvalue weighted by Crippen LogP contribution is -2.74. The van der Waals surface area contributed by atoms with Crippen molar-refractivity contribution in [2.24, 2.45) is 10.8 Å². The fraction of sp³-hybridized carbons (Fsp3) is 0.739. The summed E-state index contributed by atoms with van der Waals surface area (Å²) in [6.07, 6.45) is 5.15. The molecule has 0 spiro atoms. The number of nitrogens with zero attached hydrogens (tertiary/aromatic N) is 1. The van der Waals surface area contributed by atoms with Gasteiger partial charge in [-0.15, -0.1) is 0 Å². The monoisotopic (exact) mass is 340 g/mol. The summed E-state index contributed by atoms with van der Waals surface area (Å²) in [7, 11) is 4.54. The maximum absolute atomic E-state index is 3.70. The Morgan fingerprint density at radius 2 is 1.84 bits per heavy atom. The summed E-state index contributed by atoms with van der Waals surface area (Å²) in [6, 6.07) is 6.07. The van der Waals surface area contributed by atoms with Crippen molar-refractivity contribution in [1.82, 2.24) is 10.2 Å². The van der Waals surface area contributed by atoms with Gasteiger partial charge in [-0.3, -0.25) is 0 Å². The van der Waals surface area contributed by atoms with Crippen molar-refractivity contribution in [2.75, 3.05) is 20.6 Å². The Kier molecular flexibility index (Phi) is 3.74. The van der Waals surface area contributed by atoms with Gasteiger partial charge in [-0.2, -0.15) is 0 Å². The molecule has 2 nitrogen and oxygen atoms in total. The van der Waals surface area contributed by atoms with E-state index in [0.717, 1.165) is 0 Å². The number of benzene rings is 1. The molecule has 0 aromatic heterocycles. The first kappa shape index (κ1) is 17.5. The number of nitrogens with one attached hydrogen (secondary N) is 1. The standard InChI is InChI=1S/C23H36N2/c1-15-8-9-17-14-19-22(5)11-10-18(24-6)21(3,4)23(22,12-13-25(19)7)20(17)16(15)2/h8-9,18-19,24H,10-14H2,1-7H3/t18?,19-,22?,23+/m1/s1. The normalized spacial score (nSPS) is 39.6. The lowest BCUT2D eigenvalue weighted by atomic mass is 9.36. The van der Waals surface area contributed by atoms with E-state index in [-0.39, 0.29) is 10.8 Å². The summed E-state index contributed by atoms with van der Waals surface area (Å²) in [6.45, 7) is 13.7. The van der Waals surface area contributed by atoms with Crippen LogP contribution in [0.1, 0.15) is 62.3 Å². The highest BCUT2D eigenvalue weighted by atomic mass is 15.2. The van der Waals surface area contributed by atoms with Crippen LogP contribution in [0.15, 0.2) is 12.1 Å². The van der Waals surface area contributed by atoms with E-state index in [1.54, 1.807) is 16.7 Å². The van der Waals surface area contributed by atoms with E-state index in [2.05, 4.69) is 71.1 Å². The molecule has 1 saturated carbocycles. The average molecular weight is 341 g/mol. The van der Waals surface area contributed by atoms with Crippen LogP contribution in [0, 0.1) is 24.7 Å². The summed E-state index contributed by atoms with van der Waals surface area (Å²) < 4.78 is 0. The summed E-state index contributed by atoms with van der Waals surface area (Å²) in [5.41, 5.74) is 7.27. The highest BCUT2D eigenvalue weighted by Gasteiger charge is 2.69. The predicted molar refractivity (Wildman–Crippen MR) is 106 cm³/mol. The molecule has 0 amide bonds. The van der Waals surface area contributed by atoms with Crippen molar-refractivity contribution >= 4 is 0 Å². The minimum atomic E-state index is 0.252. The van der Waals surface area contributed by atoms with Crippen molar-refractivity contribution < 1.29 is 0 Å². The zero-order valence-electron chi connectivity index (χ0n) is 17.3. The number of aryl methyl sites for hydroxylation is 1. The lowest BCUT2D eigenvalue weighted by molar-refractivity contribution is -0.145. The van der Waals surface area contributed by atoms with Gasteiger partial charge in [-0.25, -0.2) is 0 Å². The minimum absolute atomic E-state index is 0.252. The number of piperidine rings is 1. The number of hydrogen-bond donors (Lipinski definition) is 1. The Morgan fingerprint density at radius 3 is 2.52 bits per heavy atom. The van der Waals surface area contributed by atoms with Crippen LogP contribution in [0.2, 0.25) is 0 Å². The molecule has 2 unspecified atom stereocenters. The SMILES string of the molecule is CNC1CCC2(C)[C@H]3Cc4ccc(C)c(C)c4[C@@]2(CCN3C)C1(C)C. The van der Waals surface area contributed by atoms with Gasteiger partial charge < -0.3 is 10.2 Å². The smallest absolute Gasteiger partial charge is 0.0195 e. The molecule has 138 valence electrons. The van der Waals surface area contributed by atoms with Gasteiger partial charge in [0.05, 0.1) is 0 Å². The van der Waals surface area contributed by atoms with Crippen LogP contribution in [-0.4, -0.2) is 37.6 Å². The first-order valence-electron chi connectivity index (χ1n) is 10.2. The minimum Gasteiger partial charge on any atom is -0.316 e. The molecule has 2 aliphatic carbocycles.